The summed E-state index contributed by atoms with van der Waals surface area (Å²) >= 11 is 0. The van der Waals surface area contributed by atoms with Gasteiger partial charge in [0, 0.05) is 24.5 Å². The fourth-order valence-corrected chi connectivity index (χ4v) is 2.32. The zero-order valence-corrected chi connectivity index (χ0v) is 11.3. The van der Waals surface area contributed by atoms with Gasteiger partial charge in [-0.2, -0.15) is 15.5 Å². The first-order chi connectivity index (χ1) is 10.2. The van der Waals surface area contributed by atoms with E-state index in [0.29, 0.717) is 27.7 Å². The number of nitrogens with one attached hydrogen (secondary N) is 1. The van der Waals surface area contributed by atoms with Crippen LogP contribution in [0.2, 0.25) is 0 Å². The van der Waals surface area contributed by atoms with Crippen LogP contribution in [0.1, 0.15) is 11.4 Å². The van der Waals surface area contributed by atoms with Crippen LogP contribution in [-0.4, -0.2) is 20.0 Å². The lowest BCUT2D eigenvalue weighted by molar-refractivity contribution is 0.756. The number of nitrogens with two attached hydrogens (primary N) is 1. The summed E-state index contributed by atoms with van der Waals surface area (Å²) in [6, 6.07) is 7.43. The molecule has 3 aromatic rings. The summed E-state index contributed by atoms with van der Waals surface area (Å²) in [5.74, 6) is 0. The lowest BCUT2D eigenvalue weighted by atomic mass is 10.0. The van der Waals surface area contributed by atoms with E-state index in [1.807, 2.05) is 6.07 Å². The van der Waals surface area contributed by atoms with E-state index < -0.39 is 0 Å². The number of H-pyrrole nitrogens is 1. The first kappa shape index (κ1) is 13.0. The second-order valence-corrected chi connectivity index (χ2v) is 4.61. The van der Waals surface area contributed by atoms with Gasteiger partial charge in [0.1, 0.15) is 11.8 Å². The molecular weight excluding hydrogens is 268 g/mol. The van der Waals surface area contributed by atoms with E-state index in [1.54, 1.807) is 25.4 Å². The number of benzene rings is 1. The highest BCUT2D eigenvalue weighted by Crippen LogP contribution is 2.26. The summed E-state index contributed by atoms with van der Waals surface area (Å²) in [5.41, 5.74) is 7.98. The van der Waals surface area contributed by atoms with Crippen LogP contribution in [0.3, 0.4) is 0 Å². The molecule has 1 aromatic carbocycles. The standard InChI is InChI=1S/C14H12N6O/c1-20-13(6-16)11(7-17-20)8-2-3-9-10(4-8)12(5-15)18-19-14(9)21/h2-4,7H,5,15H2,1H3,(H,19,21). The topological polar surface area (TPSA) is 113 Å². The minimum Gasteiger partial charge on any atom is -0.325 e. The van der Waals surface area contributed by atoms with Crippen molar-refractivity contribution in [2.75, 3.05) is 0 Å². The Labute approximate surface area is 119 Å². The van der Waals surface area contributed by atoms with Crippen molar-refractivity contribution in [3.05, 3.63) is 46.1 Å². The maximum absolute atomic E-state index is 11.8. The lowest BCUT2D eigenvalue weighted by Gasteiger charge is -2.05. The Hall–Kier alpha value is -2.98. The van der Waals surface area contributed by atoms with Crippen LogP contribution in [0.25, 0.3) is 21.9 Å². The number of aromatic nitrogens is 4. The van der Waals surface area contributed by atoms with E-state index in [4.69, 9.17) is 5.73 Å². The lowest BCUT2D eigenvalue weighted by Crippen LogP contribution is -2.13. The first-order valence-corrected chi connectivity index (χ1v) is 6.29. The molecule has 0 saturated carbocycles. The molecule has 0 radical (unpaired) electrons. The van der Waals surface area contributed by atoms with Crippen LogP contribution in [-0.2, 0) is 13.6 Å². The Balaban J connectivity index is 2.31. The van der Waals surface area contributed by atoms with Gasteiger partial charge >= 0.3 is 0 Å². The average molecular weight is 280 g/mol. The second kappa shape index (κ2) is 4.85. The molecule has 0 aliphatic heterocycles. The van der Waals surface area contributed by atoms with E-state index in [0.717, 1.165) is 5.56 Å². The van der Waals surface area contributed by atoms with Crippen LogP contribution in [0.5, 0.6) is 0 Å². The number of nitrogens with zero attached hydrogens (tertiary/aromatic N) is 4. The minimum absolute atomic E-state index is 0.217. The van der Waals surface area contributed by atoms with Crippen molar-refractivity contribution in [3.8, 4) is 17.2 Å². The van der Waals surface area contributed by atoms with Crippen molar-refractivity contribution in [2.45, 2.75) is 6.54 Å². The highest BCUT2D eigenvalue weighted by Gasteiger charge is 2.12. The maximum Gasteiger partial charge on any atom is 0.272 e. The van der Waals surface area contributed by atoms with Gasteiger partial charge in [0.15, 0.2) is 0 Å². The van der Waals surface area contributed by atoms with Crippen LogP contribution in [0.15, 0.2) is 29.2 Å². The third-order valence-electron chi connectivity index (χ3n) is 3.42. The molecule has 0 amide bonds. The van der Waals surface area contributed by atoms with Gasteiger partial charge in [-0.1, -0.05) is 6.07 Å². The average Bonchev–Trinajstić information content (AvgIpc) is 2.88. The van der Waals surface area contributed by atoms with Crippen molar-refractivity contribution in [2.24, 2.45) is 12.8 Å². The number of nitriles is 1. The van der Waals surface area contributed by atoms with Gasteiger partial charge in [-0.25, -0.2) is 5.10 Å². The predicted molar refractivity (Wildman–Crippen MR) is 77.2 cm³/mol. The van der Waals surface area contributed by atoms with E-state index in [1.165, 1.54) is 4.68 Å². The SMILES string of the molecule is Cn1ncc(-c2ccc3c(=O)[nH]nc(CN)c3c2)c1C#N. The van der Waals surface area contributed by atoms with Crippen LogP contribution in [0.4, 0.5) is 0 Å². The molecule has 2 aromatic heterocycles. The summed E-state index contributed by atoms with van der Waals surface area (Å²) in [4.78, 5) is 11.8. The number of rotatable bonds is 2. The van der Waals surface area contributed by atoms with Gasteiger partial charge < -0.3 is 5.73 Å². The van der Waals surface area contributed by atoms with Crippen LogP contribution >= 0.6 is 0 Å². The summed E-state index contributed by atoms with van der Waals surface area (Å²) in [7, 11) is 1.71. The van der Waals surface area contributed by atoms with Crippen molar-refractivity contribution in [1.29, 1.82) is 5.26 Å². The third kappa shape index (κ3) is 1.98. The molecule has 0 atom stereocenters. The van der Waals surface area contributed by atoms with Gasteiger partial charge in [0.05, 0.1) is 17.3 Å². The zero-order chi connectivity index (χ0) is 15.0. The molecule has 0 fully saturated rings. The summed E-state index contributed by atoms with van der Waals surface area (Å²) < 4.78 is 1.51. The number of aromatic amines is 1. The maximum atomic E-state index is 11.8. The third-order valence-corrected chi connectivity index (χ3v) is 3.42. The number of hydrogen-bond donors (Lipinski definition) is 2. The van der Waals surface area contributed by atoms with Crippen LogP contribution in [0, 0.1) is 11.3 Å². The van der Waals surface area contributed by atoms with Crippen molar-refractivity contribution >= 4 is 10.8 Å². The fraction of sp³-hybridized carbons (Fsp3) is 0.143. The molecular formula is C14H12N6O. The van der Waals surface area contributed by atoms with Gasteiger partial charge in [-0.3, -0.25) is 9.48 Å². The monoisotopic (exact) mass is 280 g/mol. The van der Waals surface area contributed by atoms with Gasteiger partial charge in [-0.05, 0) is 17.7 Å². The molecule has 7 heteroatoms. The van der Waals surface area contributed by atoms with E-state index in [-0.39, 0.29) is 12.1 Å². The molecule has 0 unspecified atom stereocenters. The fourth-order valence-electron chi connectivity index (χ4n) is 2.32. The Bertz CT molecular complexity index is 931. The molecule has 2 heterocycles. The Morgan fingerprint density at radius 2 is 2.24 bits per heavy atom. The van der Waals surface area contributed by atoms with E-state index >= 15 is 0 Å². The highest BCUT2D eigenvalue weighted by atomic mass is 16.1. The van der Waals surface area contributed by atoms with Crippen LogP contribution < -0.4 is 11.3 Å². The smallest absolute Gasteiger partial charge is 0.272 e. The molecule has 0 saturated heterocycles. The van der Waals surface area contributed by atoms with Crippen molar-refractivity contribution < 1.29 is 0 Å². The van der Waals surface area contributed by atoms with Gasteiger partial charge in [0.25, 0.3) is 5.56 Å². The normalized spacial score (nSPS) is 10.7. The zero-order valence-electron chi connectivity index (χ0n) is 11.3. The summed E-state index contributed by atoms with van der Waals surface area (Å²) in [6.07, 6.45) is 1.63. The quantitative estimate of drug-likeness (QED) is 0.715. The molecule has 3 rings (SSSR count). The van der Waals surface area contributed by atoms with Crippen molar-refractivity contribution in [1.82, 2.24) is 20.0 Å². The Morgan fingerprint density at radius 3 is 2.95 bits per heavy atom. The summed E-state index contributed by atoms with van der Waals surface area (Å²) in [6.45, 7) is 0.217. The molecule has 0 aliphatic rings. The molecule has 3 N–H and O–H groups in total. The largest absolute Gasteiger partial charge is 0.325 e. The Morgan fingerprint density at radius 1 is 1.43 bits per heavy atom. The first-order valence-electron chi connectivity index (χ1n) is 6.29. The van der Waals surface area contributed by atoms with Gasteiger partial charge in [-0.15, -0.1) is 0 Å². The molecule has 104 valence electrons. The molecule has 7 nitrogen and oxygen atoms in total. The number of aryl methyl sites for hydroxylation is 1. The second-order valence-electron chi connectivity index (χ2n) is 4.61. The molecule has 0 spiro atoms. The van der Waals surface area contributed by atoms with Crippen molar-refractivity contribution in [3.63, 3.8) is 0 Å². The number of hydrogen-bond acceptors (Lipinski definition) is 5. The highest BCUT2D eigenvalue weighted by molar-refractivity contribution is 5.88. The molecule has 0 aliphatic carbocycles. The van der Waals surface area contributed by atoms with E-state index in [2.05, 4.69) is 21.4 Å². The Kier molecular flexibility index (Phi) is 3.01. The van der Waals surface area contributed by atoms with Gasteiger partial charge in [0.2, 0.25) is 0 Å². The summed E-state index contributed by atoms with van der Waals surface area (Å²) in [5, 5.41) is 20.9. The van der Waals surface area contributed by atoms with E-state index in [9.17, 15) is 10.1 Å². The molecule has 0 bridgehead atoms. The predicted octanol–water partition coefficient (Wildman–Crippen LogP) is 0.654. The minimum atomic E-state index is -0.263. The number of fused-ring (bicyclic) bond motifs is 1. The molecule has 21 heavy (non-hydrogen) atoms.